The van der Waals surface area contributed by atoms with Crippen molar-refractivity contribution in [3.8, 4) is 0 Å². The summed E-state index contributed by atoms with van der Waals surface area (Å²) in [5.74, 6) is 0.696. The number of hydrogen-bond donors (Lipinski definition) is 1. The van der Waals surface area contributed by atoms with E-state index in [4.69, 9.17) is 5.11 Å². The SMILES string of the molecule is CCCCCC(C)C[C@H](C)O. The summed E-state index contributed by atoms with van der Waals surface area (Å²) in [5, 5.41) is 9.08. The first-order chi connectivity index (χ1) is 5.16. The highest BCUT2D eigenvalue weighted by Gasteiger charge is 2.04. The molecule has 0 rings (SSSR count). The lowest BCUT2D eigenvalue weighted by Gasteiger charge is -2.12. The van der Waals surface area contributed by atoms with E-state index < -0.39 is 0 Å². The van der Waals surface area contributed by atoms with Crippen LogP contribution in [0, 0.1) is 5.92 Å². The lowest BCUT2D eigenvalue weighted by Crippen LogP contribution is -2.06. The van der Waals surface area contributed by atoms with Crippen molar-refractivity contribution in [1.82, 2.24) is 0 Å². The molecule has 0 aliphatic rings. The van der Waals surface area contributed by atoms with E-state index in [9.17, 15) is 0 Å². The van der Waals surface area contributed by atoms with Gasteiger partial charge in [-0.25, -0.2) is 0 Å². The van der Waals surface area contributed by atoms with Crippen LogP contribution in [0.25, 0.3) is 0 Å². The summed E-state index contributed by atoms with van der Waals surface area (Å²) in [5.41, 5.74) is 0. The maximum absolute atomic E-state index is 9.08. The first-order valence-electron chi connectivity index (χ1n) is 4.84. The van der Waals surface area contributed by atoms with Crippen molar-refractivity contribution in [3.05, 3.63) is 0 Å². The molecule has 1 N–H and O–H groups in total. The van der Waals surface area contributed by atoms with Crippen molar-refractivity contribution >= 4 is 0 Å². The van der Waals surface area contributed by atoms with Crippen LogP contribution in [0.3, 0.4) is 0 Å². The molecule has 1 heteroatoms. The second-order valence-corrected chi connectivity index (χ2v) is 3.69. The van der Waals surface area contributed by atoms with Gasteiger partial charge in [0.2, 0.25) is 0 Å². The first-order valence-corrected chi connectivity index (χ1v) is 4.84. The Morgan fingerprint density at radius 2 is 1.82 bits per heavy atom. The minimum absolute atomic E-state index is 0.119. The van der Waals surface area contributed by atoms with E-state index in [2.05, 4.69) is 13.8 Å². The zero-order valence-corrected chi connectivity index (χ0v) is 8.14. The molecule has 1 unspecified atom stereocenters. The molecule has 0 aliphatic carbocycles. The van der Waals surface area contributed by atoms with Gasteiger partial charge in [0.1, 0.15) is 0 Å². The number of rotatable bonds is 6. The first kappa shape index (κ1) is 11.0. The highest BCUT2D eigenvalue weighted by atomic mass is 16.3. The zero-order chi connectivity index (χ0) is 8.69. The van der Waals surface area contributed by atoms with Crippen LogP contribution in [-0.2, 0) is 0 Å². The molecule has 0 bridgehead atoms. The number of aliphatic hydroxyl groups is 1. The van der Waals surface area contributed by atoms with E-state index in [1.165, 1.54) is 25.7 Å². The van der Waals surface area contributed by atoms with Crippen molar-refractivity contribution in [2.75, 3.05) is 0 Å². The van der Waals surface area contributed by atoms with Gasteiger partial charge in [-0.3, -0.25) is 0 Å². The van der Waals surface area contributed by atoms with Crippen molar-refractivity contribution in [2.45, 2.75) is 59.0 Å². The summed E-state index contributed by atoms with van der Waals surface area (Å²) in [6.45, 7) is 6.32. The predicted molar refractivity (Wildman–Crippen MR) is 49.6 cm³/mol. The third kappa shape index (κ3) is 7.86. The quantitative estimate of drug-likeness (QED) is 0.589. The summed E-state index contributed by atoms with van der Waals surface area (Å²) < 4.78 is 0. The topological polar surface area (TPSA) is 20.2 Å². The molecule has 0 aromatic carbocycles. The van der Waals surface area contributed by atoms with Gasteiger partial charge in [0.15, 0.2) is 0 Å². The molecule has 0 fully saturated rings. The normalized spacial score (nSPS) is 16.4. The standard InChI is InChI=1S/C10H22O/c1-4-5-6-7-9(2)8-10(3)11/h9-11H,4-8H2,1-3H3/t9?,10-/m0/s1. The van der Waals surface area contributed by atoms with Crippen LogP contribution in [0.4, 0.5) is 0 Å². The lowest BCUT2D eigenvalue weighted by molar-refractivity contribution is 0.161. The molecule has 0 aromatic heterocycles. The maximum Gasteiger partial charge on any atom is 0.0514 e. The Balaban J connectivity index is 3.15. The molecule has 0 aromatic rings. The van der Waals surface area contributed by atoms with Gasteiger partial charge in [0.05, 0.1) is 6.10 Å². The molecular formula is C10H22O. The second-order valence-electron chi connectivity index (χ2n) is 3.69. The molecule has 0 aliphatic heterocycles. The average Bonchev–Trinajstić information content (AvgIpc) is 1.86. The van der Waals surface area contributed by atoms with Gasteiger partial charge < -0.3 is 5.11 Å². The van der Waals surface area contributed by atoms with Gasteiger partial charge in [-0.1, -0.05) is 39.5 Å². The Morgan fingerprint density at radius 1 is 1.18 bits per heavy atom. The third-order valence-corrected chi connectivity index (χ3v) is 2.04. The van der Waals surface area contributed by atoms with Crippen LogP contribution < -0.4 is 0 Å². The molecular weight excluding hydrogens is 136 g/mol. The van der Waals surface area contributed by atoms with Crippen molar-refractivity contribution < 1.29 is 5.11 Å². The minimum Gasteiger partial charge on any atom is -0.393 e. The number of aliphatic hydroxyl groups excluding tert-OH is 1. The Kier molecular flexibility index (Phi) is 6.63. The van der Waals surface area contributed by atoms with E-state index in [1.54, 1.807) is 0 Å². The molecule has 0 saturated carbocycles. The Labute approximate surface area is 70.8 Å². The molecule has 0 radical (unpaired) electrons. The minimum atomic E-state index is -0.119. The third-order valence-electron chi connectivity index (χ3n) is 2.04. The summed E-state index contributed by atoms with van der Waals surface area (Å²) in [7, 11) is 0. The molecule has 1 nitrogen and oxygen atoms in total. The van der Waals surface area contributed by atoms with E-state index >= 15 is 0 Å². The van der Waals surface area contributed by atoms with Crippen molar-refractivity contribution in [3.63, 3.8) is 0 Å². The van der Waals surface area contributed by atoms with Crippen LogP contribution in [0.2, 0.25) is 0 Å². The van der Waals surface area contributed by atoms with Crippen LogP contribution in [0.1, 0.15) is 52.9 Å². The Bertz CT molecular complexity index is 78.9. The highest BCUT2D eigenvalue weighted by molar-refractivity contribution is 4.57. The number of unbranched alkanes of at least 4 members (excludes halogenated alkanes) is 2. The summed E-state index contributed by atoms with van der Waals surface area (Å²) in [6, 6.07) is 0. The summed E-state index contributed by atoms with van der Waals surface area (Å²) in [6.07, 6.45) is 6.07. The Morgan fingerprint density at radius 3 is 2.27 bits per heavy atom. The monoisotopic (exact) mass is 158 g/mol. The summed E-state index contributed by atoms with van der Waals surface area (Å²) in [4.78, 5) is 0. The van der Waals surface area contributed by atoms with Crippen molar-refractivity contribution in [1.29, 1.82) is 0 Å². The molecule has 0 heterocycles. The fourth-order valence-corrected chi connectivity index (χ4v) is 1.44. The zero-order valence-electron chi connectivity index (χ0n) is 8.14. The molecule has 0 saturated heterocycles. The van der Waals surface area contributed by atoms with Crippen LogP contribution in [-0.4, -0.2) is 11.2 Å². The second kappa shape index (κ2) is 6.66. The highest BCUT2D eigenvalue weighted by Crippen LogP contribution is 2.14. The predicted octanol–water partition coefficient (Wildman–Crippen LogP) is 2.97. The van der Waals surface area contributed by atoms with Gasteiger partial charge in [0.25, 0.3) is 0 Å². The molecule has 68 valence electrons. The maximum atomic E-state index is 9.08. The fraction of sp³-hybridized carbons (Fsp3) is 1.00. The number of hydrogen-bond acceptors (Lipinski definition) is 1. The van der Waals surface area contributed by atoms with E-state index in [-0.39, 0.29) is 6.10 Å². The van der Waals surface area contributed by atoms with E-state index in [0.29, 0.717) is 5.92 Å². The van der Waals surface area contributed by atoms with Crippen LogP contribution >= 0.6 is 0 Å². The summed E-state index contributed by atoms with van der Waals surface area (Å²) >= 11 is 0. The van der Waals surface area contributed by atoms with Gasteiger partial charge in [-0.05, 0) is 19.3 Å². The van der Waals surface area contributed by atoms with Gasteiger partial charge in [-0.2, -0.15) is 0 Å². The molecule has 2 atom stereocenters. The van der Waals surface area contributed by atoms with E-state index in [1.807, 2.05) is 6.92 Å². The average molecular weight is 158 g/mol. The van der Waals surface area contributed by atoms with Crippen LogP contribution in [0.15, 0.2) is 0 Å². The largest absolute Gasteiger partial charge is 0.393 e. The van der Waals surface area contributed by atoms with Gasteiger partial charge >= 0.3 is 0 Å². The molecule has 0 amide bonds. The fourth-order valence-electron chi connectivity index (χ4n) is 1.44. The van der Waals surface area contributed by atoms with Crippen LogP contribution in [0.5, 0.6) is 0 Å². The Hall–Kier alpha value is -0.0400. The molecule has 0 spiro atoms. The van der Waals surface area contributed by atoms with Crippen molar-refractivity contribution in [2.24, 2.45) is 5.92 Å². The van der Waals surface area contributed by atoms with E-state index in [0.717, 1.165) is 6.42 Å². The van der Waals surface area contributed by atoms with Gasteiger partial charge in [-0.15, -0.1) is 0 Å². The molecule has 11 heavy (non-hydrogen) atoms. The van der Waals surface area contributed by atoms with Gasteiger partial charge in [0, 0.05) is 0 Å². The smallest absolute Gasteiger partial charge is 0.0514 e. The lowest BCUT2D eigenvalue weighted by atomic mass is 9.98.